The Labute approximate surface area is 64.6 Å². The number of halogens is 2. The Balaban J connectivity index is 0.000000490. The number of hydrogen-bond donors (Lipinski definition) is 1. The summed E-state index contributed by atoms with van der Waals surface area (Å²) in [6.45, 7) is 3.02. The van der Waals surface area contributed by atoms with Gasteiger partial charge in [0.2, 0.25) is 0 Å². The molecule has 1 rings (SSSR count). The highest BCUT2D eigenvalue weighted by atomic mass is 79.9. The van der Waals surface area contributed by atoms with Crippen molar-refractivity contribution in [2.75, 3.05) is 6.54 Å². The van der Waals surface area contributed by atoms with Crippen LogP contribution in [-0.2, 0) is 0 Å². The van der Waals surface area contributed by atoms with Crippen molar-refractivity contribution in [2.24, 2.45) is 11.1 Å². The minimum absolute atomic E-state index is 0. The van der Waals surface area contributed by atoms with E-state index in [1.807, 2.05) is 0 Å². The van der Waals surface area contributed by atoms with Gasteiger partial charge in [-0.05, 0) is 18.4 Å². The summed E-state index contributed by atoms with van der Waals surface area (Å²) in [6.07, 6.45) is 1.25. The predicted octanol–water partition coefficient (Wildman–Crippen LogP) is 1.54. The molecule has 0 aromatic heterocycles. The molecule has 1 saturated carbocycles. The molecule has 50 valence electrons. The van der Waals surface area contributed by atoms with Crippen LogP contribution in [-0.4, -0.2) is 11.4 Å². The van der Waals surface area contributed by atoms with Gasteiger partial charge in [0.1, 0.15) is 0 Å². The van der Waals surface area contributed by atoms with E-state index in [0.717, 1.165) is 6.54 Å². The van der Waals surface area contributed by atoms with Gasteiger partial charge in [-0.15, -0.1) is 12.4 Å². The van der Waals surface area contributed by atoms with E-state index in [1.165, 1.54) is 6.42 Å². The highest BCUT2D eigenvalue weighted by molar-refractivity contribution is 9.09. The van der Waals surface area contributed by atoms with E-state index < -0.39 is 0 Å². The molecule has 3 heteroatoms. The van der Waals surface area contributed by atoms with Crippen molar-refractivity contribution in [1.29, 1.82) is 0 Å². The summed E-state index contributed by atoms with van der Waals surface area (Å²) in [4.78, 5) is 0.699. The maximum absolute atomic E-state index is 5.43. The second-order valence-corrected chi connectivity index (χ2v) is 3.64. The van der Waals surface area contributed by atoms with E-state index in [9.17, 15) is 0 Å². The Hall–Kier alpha value is 0.730. The monoisotopic (exact) mass is 199 g/mol. The first-order chi connectivity index (χ1) is 3.19. The molecule has 2 N–H and O–H groups in total. The molecule has 1 nitrogen and oxygen atoms in total. The van der Waals surface area contributed by atoms with E-state index in [1.54, 1.807) is 0 Å². The van der Waals surface area contributed by atoms with Gasteiger partial charge in [-0.2, -0.15) is 0 Å². The molecule has 0 aliphatic heterocycles. The minimum Gasteiger partial charge on any atom is -0.330 e. The Morgan fingerprint density at radius 2 is 2.25 bits per heavy atom. The van der Waals surface area contributed by atoms with Gasteiger partial charge in [0.25, 0.3) is 0 Å². The van der Waals surface area contributed by atoms with E-state index in [4.69, 9.17) is 5.73 Å². The van der Waals surface area contributed by atoms with Gasteiger partial charge in [0.05, 0.1) is 0 Å². The lowest BCUT2D eigenvalue weighted by Gasteiger charge is -1.99. The largest absolute Gasteiger partial charge is 0.330 e. The highest BCUT2D eigenvalue weighted by Crippen LogP contribution is 2.49. The van der Waals surface area contributed by atoms with E-state index in [2.05, 4.69) is 22.9 Å². The maximum Gasteiger partial charge on any atom is 0.0218 e. The fraction of sp³-hybridized carbons (Fsp3) is 1.00. The van der Waals surface area contributed by atoms with Crippen LogP contribution in [0.15, 0.2) is 0 Å². The van der Waals surface area contributed by atoms with Crippen LogP contribution >= 0.6 is 28.3 Å². The molecule has 0 heterocycles. The van der Waals surface area contributed by atoms with Crippen molar-refractivity contribution < 1.29 is 0 Å². The van der Waals surface area contributed by atoms with Crippen LogP contribution in [0.25, 0.3) is 0 Å². The Morgan fingerprint density at radius 1 is 1.88 bits per heavy atom. The molecular weight excluding hydrogens is 189 g/mol. The molecule has 0 spiro atoms. The summed E-state index contributed by atoms with van der Waals surface area (Å²) in [5, 5.41) is 0. The molecule has 0 saturated heterocycles. The SMILES string of the molecule is CC1(CN)CC1Br.Cl. The third kappa shape index (κ3) is 1.36. The zero-order valence-electron chi connectivity index (χ0n) is 4.86. The summed E-state index contributed by atoms with van der Waals surface area (Å²) in [5.41, 5.74) is 5.87. The summed E-state index contributed by atoms with van der Waals surface area (Å²) in [7, 11) is 0. The fourth-order valence-corrected chi connectivity index (χ4v) is 1.49. The molecule has 8 heavy (non-hydrogen) atoms. The van der Waals surface area contributed by atoms with Crippen LogP contribution in [0.1, 0.15) is 13.3 Å². The molecule has 2 atom stereocenters. The van der Waals surface area contributed by atoms with Gasteiger partial charge in [-0.25, -0.2) is 0 Å². The van der Waals surface area contributed by atoms with E-state index >= 15 is 0 Å². The van der Waals surface area contributed by atoms with Crippen LogP contribution < -0.4 is 5.73 Å². The molecule has 0 aromatic carbocycles. The lowest BCUT2D eigenvalue weighted by Crippen LogP contribution is -2.13. The van der Waals surface area contributed by atoms with E-state index in [0.29, 0.717) is 10.2 Å². The number of nitrogens with two attached hydrogens (primary N) is 1. The second-order valence-electron chi connectivity index (χ2n) is 2.53. The lowest BCUT2D eigenvalue weighted by molar-refractivity contribution is 0.594. The van der Waals surface area contributed by atoms with Crippen LogP contribution in [0.3, 0.4) is 0 Å². The Bertz CT molecular complexity index is 84.5. The normalized spacial score (nSPS) is 43.1. The van der Waals surface area contributed by atoms with Crippen molar-refractivity contribution >= 4 is 28.3 Å². The third-order valence-corrected chi connectivity index (χ3v) is 3.14. The summed E-state index contributed by atoms with van der Waals surface area (Å²) in [6, 6.07) is 0. The molecule has 1 aliphatic carbocycles. The van der Waals surface area contributed by atoms with Gasteiger partial charge in [0, 0.05) is 4.83 Å². The summed E-state index contributed by atoms with van der Waals surface area (Å²) in [5.74, 6) is 0. The maximum atomic E-state index is 5.43. The van der Waals surface area contributed by atoms with Crippen molar-refractivity contribution in [2.45, 2.75) is 18.2 Å². The molecule has 2 unspecified atom stereocenters. The molecule has 0 bridgehead atoms. The van der Waals surface area contributed by atoms with Crippen LogP contribution in [0.5, 0.6) is 0 Å². The summed E-state index contributed by atoms with van der Waals surface area (Å²) >= 11 is 3.48. The first-order valence-corrected chi connectivity index (χ1v) is 3.45. The molecular formula is C5H11BrClN. The quantitative estimate of drug-likeness (QED) is 0.639. The zero-order chi connectivity index (χ0) is 5.49. The van der Waals surface area contributed by atoms with Crippen molar-refractivity contribution in [1.82, 2.24) is 0 Å². The van der Waals surface area contributed by atoms with Crippen molar-refractivity contribution in [3.8, 4) is 0 Å². The lowest BCUT2D eigenvalue weighted by atomic mass is 10.2. The Kier molecular flexibility index (Phi) is 2.78. The zero-order valence-corrected chi connectivity index (χ0v) is 7.26. The van der Waals surface area contributed by atoms with E-state index in [-0.39, 0.29) is 12.4 Å². The van der Waals surface area contributed by atoms with Crippen molar-refractivity contribution in [3.63, 3.8) is 0 Å². The van der Waals surface area contributed by atoms with Crippen LogP contribution in [0.2, 0.25) is 0 Å². The standard InChI is InChI=1S/C5H10BrN.ClH/c1-5(3-7)2-4(5)6;/h4H,2-3,7H2,1H3;1H. The first kappa shape index (κ1) is 8.73. The van der Waals surface area contributed by atoms with Gasteiger partial charge in [-0.1, -0.05) is 22.9 Å². The first-order valence-electron chi connectivity index (χ1n) is 2.53. The van der Waals surface area contributed by atoms with Crippen LogP contribution in [0.4, 0.5) is 0 Å². The smallest absolute Gasteiger partial charge is 0.0218 e. The van der Waals surface area contributed by atoms with Gasteiger partial charge in [0.15, 0.2) is 0 Å². The topological polar surface area (TPSA) is 26.0 Å². The van der Waals surface area contributed by atoms with Gasteiger partial charge < -0.3 is 5.73 Å². The fourth-order valence-electron chi connectivity index (χ4n) is 0.562. The average molecular weight is 201 g/mol. The molecule has 1 aliphatic rings. The predicted molar refractivity (Wildman–Crippen MR) is 41.7 cm³/mol. The van der Waals surface area contributed by atoms with Gasteiger partial charge in [-0.3, -0.25) is 0 Å². The molecule has 1 fully saturated rings. The minimum atomic E-state index is 0. The molecule has 0 radical (unpaired) electrons. The average Bonchev–Trinajstić information content (AvgIpc) is 2.18. The number of rotatable bonds is 1. The van der Waals surface area contributed by atoms with Crippen molar-refractivity contribution in [3.05, 3.63) is 0 Å². The molecule has 0 amide bonds. The number of hydrogen-bond acceptors (Lipinski definition) is 1. The Morgan fingerprint density at radius 3 is 2.25 bits per heavy atom. The molecule has 0 aromatic rings. The second kappa shape index (κ2) is 2.54. The summed E-state index contributed by atoms with van der Waals surface area (Å²) < 4.78 is 0. The van der Waals surface area contributed by atoms with Crippen LogP contribution in [0, 0.1) is 5.41 Å². The third-order valence-electron chi connectivity index (χ3n) is 1.71. The van der Waals surface area contributed by atoms with Gasteiger partial charge >= 0.3 is 0 Å². The highest BCUT2D eigenvalue weighted by Gasteiger charge is 2.46. The number of alkyl halides is 1.